The molecule has 112 valence electrons. The molecule has 0 fully saturated rings. The Hall–Kier alpha value is -1.27. The SMILES string of the molecule is Cc1cc(S(=O)(=O)Cl)c(C)cc1OC(C)C(=O)N(C)C. The highest BCUT2D eigenvalue weighted by molar-refractivity contribution is 8.13. The molecule has 0 spiro atoms. The molecule has 1 amide bonds. The van der Waals surface area contributed by atoms with Crippen LogP contribution in [0.2, 0.25) is 0 Å². The van der Waals surface area contributed by atoms with Crippen molar-refractivity contribution in [3.8, 4) is 5.75 Å². The number of amides is 1. The van der Waals surface area contributed by atoms with Crippen molar-refractivity contribution >= 4 is 25.6 Å². The minimum absolute atomic E-state index is 0.0515. The fourth-order valence-corrected chi connectivity index (χ4v) is 3.02. The summed E-state index contributed by atoms with van der Waals surface area (Å²) in [5.74, 6) is 0.297. The lowest BCUT2D eigenvalue weighted by Gasteiger charge is -2.20. The summed E-state index contributed by atoms with van der Waals surface area (Å²) in [4.78, 5) is 13.2. The van der Waals surface area contributed by atoms with E-state index in [1.165, 1.54) is 11.0 Å². The first kappa shape index (κ1) is 16.8. The Morgan fingerprint density at radius 2 is 1.80 bits per heavy atom. The van der Waals surface area contributed by atoms with E-state index in [0.29, 0.717) is 16.9 Å². The van der Waals surface area contributed by atoms with Crippen molar-refractivity contribution in [3.63, 3.8) is 0 Å². The van der Waals surface area contributed by atoms with Crippen LogP contribution in [0, 0.1) is 13.8 Å². The molecule has 1 unspecified atom stereocenters. The van der Waals surface area contributed by atoms with Crippen molar-refractivity contribution in [2.75, 3.05) is 14.1 Å². The number of ether oxygens (including phenoxy) is 1. The van der Waals surface area contributed by atoms with E-state index in [9.17, 15) is 13.2 Å². The molecule has 0 bridgehead atoms. The van der Waals surface area contributed by atoms with Crippen LogP contribution in [0.4, 0.5) is 0 Å². The molecule has 1 aromatic rings. The lowest BCUT2D eigenvalue weighted by Crippen LogP contribution is -2.35. The molecular formula is C13H18ClNO4S. The molecule has 0 saturated carbocycles. The molecule has 1 rings (SSSR count). The number of likely N-dealkylation sites (N-methyl/N-ethyl adjacent to an activating group) is 1. The van der Waals surface area contributed by atoms with Gasteiger partial charge in [-0.2, -0.15) is 0 Å². The van der Waals surface area contributed by atoms with Crippen LogP contribution in [0.1, 0.15) is 18.1 Å². The third-order valence-electron chi connectivity index (χ3n) is 2.83. The lowest BCUT2D eigenvalue weighted by atomic mass is 10.1. The molecule has 7 heteroatoms. The highest BCUT2D eigenvalue weighted by Gasteiger charge is 2.20. The summed E-state index contributed by atoms with van der Waals surface area (Å²) in [7, 11) is 4.85. The van der Waals surface area contributed by atoms with Crippen molar-refractivity contribution in [2.24, 2.45) is 0 Å². The third kappa shape index (κ3) is 3.86. The number of rotatable bonds is 4. The van der Waals surface area contributed by atoms with E-state index < -0.39 is 15.2 Å². The second kappa shape index (κ2) is 6.01. The first-order valence-electron chi connectivity index (χ1n) is 5.97. The van der Waals surface area contributed by atoms with Crippen LogP contribution >= 0.6 is 10.7 Å². The molecule has 0 aromatic heterocycles. The average Bonchev–Trinajstić information content (AvgIpc) is 2.30. The Labute approximate surface area is 123 Å². The molecule has 5 nitrogen and oxygen atoms in total. The topological polar surface area (TPSA) is 63.7 Å². The second-order valence-corrected chi connectivity index (χ2v) is 7.35. The minimum Gasteiger partial charge on any atom is -0.481 e. The Kier molecular flexibility index (Phi) is 5.05. The molecule has 0 aliphatic heterocycles. The summed E-state index contributed by atoms with van der Waals surface area (Å²) in [6.45, 7) is 4.97. The first-order valence-corrected chi connectivity index (χ1v) is 8.28. The zero-order chi connectivity index (χ0) is 15.7. The predicted molar refractivity (Wildman–Crippen MR) is 77.7 cm³/mol. The minimum atomic E-state index is -3.79. The maximum Gasteiger partial charge on any atom is 0.262 e. The summed E-state index contributed by atoms with van der Waals surface area (Å²) in [5, 5.41) is 0. The molecule has 1 aromatic carbocycles. The zero-order valence-corrected chi connectivity index (χ0v) is 13.7. The standard InChI is InChI=1S/C13H18ClNO4S/c1-8-7-12(20(14,17)18)9(2)6-11(8)19-10(3)13(16)15(4)5/h6-7,10H,1-5H3. The predicted octanol–water partition coefficient (Wildman–Crippen LogP) is 2.09. The van der Waals surface area contributed by atoms with Crippen LogP contribution < -0.4 is 4.74 Å². The number of carbonyl (C=O) groups excluding carboxylic acids is 1. The van der Waals surface area contributed by atoms with E-state index in [1.807, 2.05) is 0 Å². The second-order valence-electron chi connectivity index (χ2n) is 4.81. The van der Waals surface area contributed by atoms with Crippen LogP contribution in [0.3, 0.4) is 0 Å². The largest absolute Gasteiger partial charge is 0.481 e. The molecule has 20 heavy (non-hydrogen) atoms. The van der Waals surface area contributed by atoms with Gasteiger partial charge < -0.3 is 9.64 Å². The third-order valence-corrected chi connectivity index (χ3v) is 4.29. The van der Waals surface area contributed by atoms with Gasteiger partial charge in [0.15, 0.2) is 6.10 Å². The van der Waals surface area contributed by atoms with Crippen LogP contribution in [0.15, 0.2) is 17.0 Å². The van der Waals surface area contributed by atoms with Crippen LogP contribution in [0.25, 0.3) is 0 Å². The van der Waals surface area contributed by atoms with E-state index in [2.05, 4.69) is 0 Å². The normalized spacial score (nSPS) is 12.9. The average molecular weight is 320 g/mol. The molecule has 0 aliphatic rings. The fraction of sp³-hybridized carbons (Fsp3) is 0.462. The fourth-order valence-electron chi connectivity index (χ4n) is 1.76. The van der Waals surface area contributed by atoms with Crippen molar-refractivity contribution in [2.45, 2.75) is 31.8 Å². The molecule has 0 radical (unpaired) electrons. The van der Waals surface area contributed by atoms with Gasteiger partial charge in [0, 0.05) is 24.8 Å². The van der Waals surface area contributed by atoms with E-state index >= 15 is 0 Å². The molecule has 0 saturated heterocycles. The summed E-state index contributed by atoms with van der Waals surface area (Å²) in [5.41, 5.74) is 1.08. The van der Waals surface area contributed by atoms with E-state index in [4.69, 9.17) is 15.4 Å². The summed E-state index contributed by atoms with van der Waals surface area (Å²) >= 11 is 0. The van der Waals surface area contributed by atoms with E-state index in [1.54, 1.807) is 40.9 Å². The van der Waals surface area contributed by atoms with E-state index in [0.717, 1.165) is 0 Å². The van der Waals surface area contributed by atoms with Gasteiger partial charge in [0.2, 0.25) is 0 Å². The quantitative estimate of drug-likeness (QED) is 0.797. The molecule has 0 heterocycles. The van der Waals surface area contributed by atoms with Gasteiger partial charge in [-0.1, -0.05) is 0 Å². The summed E-state index contributed by atoms with van der Waals surface area (Å²) in [6.07, 6.45) is -0.651. The maximum absolute atomic E-state index is 11.8. The smallest absolute Gasteiger partial charge is 0.262 e. The number of carbonyl (C=O) groups is 1. The van der Waals surface area contributed by atoms with Crippen molar-refractivity contribution in [1.82, 2.24) is 4.90 Å². The Morgan fingerprint density at radius 3 is 2.25 bits per heavy atom. The van der Waals surface area contributed by atoms with Gasteiger partial charge in [-0.3, -0.25) is 4.79 Å². The summed E-state index contributed by atoms with van der Waals surface area (Å²) < 4.78 is 28.4. The van der Waals surface area contributed by atoms with Gasteiger partial charge in [-0.05, 0) is 44.0 Å². The lowest BCUT2D eigenvalue weighted by molar-refractivity contribution is -0.135. The highest BCUT2D eigenvalue weighted by atomic mass is 35.7. The molecule has 0 aliphatic carbocycles. The van der Waals surface area contributed by atoms with Crippen LogP contribution in [0.5, 0.6) is 5.75 Å². The Bertz CT molecular complexity index is 626. The van der Waals surface area contributed by atoms with Crippen molar-refractivity contribution in [1.29, 1.82) is 0 Å². The number of hydrogen-bond acceptors (Lipinski definition) is 4. The highest BCUT2D eigenvalue weighted by Crippen LogP contribution is 2.28. The van der Waals surface area contributed by atoms with Gasteiger partial charge in [0.1, 0.15) is 5.75 Å². The molecule has 0 N–H and O–H groups in total. The van der Waals surface area contributed by atoms with Gasteiger partial charge in [-0.15, -0.1) is 0 Å². The maximum atomic E-state index is 11.8. The Morgan fingerprint density at radius 1 is 1.25 bits per heavy atom. The number of benzene rings is 1. The first-order chi connectivity index (χ1) is 9.04. The van der Waals surface area contributed by atoms with Crippen LogP contribution in [-0.4, -0.2) is 39.4 Å². The van der Waals surface area contributed by atoms with Gasteiger partial charge in [0.25, 0.3) is 15.0 Å². The van der Waals surface area contributed by atoms with Gasteiger partial charge in [-0.25, -0.2) is 8.42 Å². The molecular weight excluding hydrogens is 302 g/mol. The van der Waals surface area contributed by atoms with Crippen LogP contribution in [-0.2, 0) is 13.8 Å². The number of hydrogen-bond donors (Lipinski definition) is 0. The van der Waals surface area contributed by atoms with E-state index in [-0.39, 0.29) is 10.8 Å². The molecule has 1 atom stereocenters. The number of nitrogens with zero attached hydrogens (tertiary/aromatic N) is 1. The number of halogens is 1. The van der Waals surface area contributed by atoms with Gasteiger partial charge in [0.05, 0.1) is 4.90 Å². The Balaban J connectivity index is 3.11. The summed E-state index contributed by atoms with van der Waals surface area (Å²) in [6, 6.07) is 3.02. The van der Waals surface area contributed by atoms with Crippen molar-refractivity contribution < 1.29 is 17.9 Å². The monoisotopic (exact) mass is 319 g/mol. The van der Waals surface area contributed by atoms with Gasteiger partial charge >= 0.3 is 0 Å². The number of aryl methyl sites for hydroxylation is 2. The zero-order valence-electron chi connectivity index (χ0n) is 12.1. The van der Waals surface area contributed by atoms with Crippen molar-refractivity contribution in [3.05, 3.63) is 23.3 Å².